The summed E-state index contributed by atoms with van der Waals surface area (Å²) in [6.07, 6.45) is 9.56. The molecule has 0 unspecified atom stereocenters. The lowest BCUT2D eigenvalue weighted by molar-refractivity contribution is 0.616. The minimum atomic E-state index is -0.231. The summed E-state index contributed by atoms with van der Waals surface area (Å²) < 4.78 is 0. The average molecular weight is 199 g/mol. The van der Waals surface area contributed by atoms with E-state index >= 15 is 0 Å². The van der Waals surface area contributed by atoms with Gasteiger partial charge >= 0.3 is 0 Å². The lowest BCUT2D eigenvalue weighted by atomic mass is 9.85. The van der Waals surface area contributed by atoms with E-state index in [1.54, 1.807) is 0 Å². The van der Waals surface area contributed by atoms with Crippen LogP contribution in [0, 0.1) is 0 Å². The molecule has 0 heterocycles. The van der Waals surface area contributed by atoms with E-state index in [-0.39, 0.29) is 5.54 Å². The van der Waals surface area contributed by atoms with Crippen LogP contribution in [0.15, 0.2) is 54.6 Å². The molecule has 0 radical (unpaired) electrons. The largest absolute Gasteiger partial charge is 0.319 e. The van der Waals surface area contributed by atoms with Gasteiger partial charge in [0.15, 0.2) is 0 Å². The lowest BCUT2D eigenvalue weighted by Crippen LogP contribution is -2.35. The summed E-state index contributed by atoms with van der Waals surface area (Å²) in [5.41, 5.74) is 7.22. The van der Waals surface area contributed by atoms with Crippen molar-refractivity contribution in [2.24, 2.45) is 5.73 Å². The molecule has 0 aromatic heterocycles. The molecule has 15 heavy (non-hydrogen) atoms. The molecule has 0 saturated heterocycles. The Kier molecular flexibility index (Phi) is 2.74. The van der Waals surface area contributed by atoms with Crippen LogP contribution in [0.5, 0.6) is 0 Å². The van der Waals surface area contributed by atoms with Gasteiger partial charge in [0.1, 0.15) is 0 Å². The monoisotopic (exact) mass is 199 g/mol. The molecule has 0 aliphatic heterocycles. The number of nitrogens with two attached hydrogens (primary N) is 1. The lowest BCUT2D eigenvalue weighted by Gasteiger charge is -2.25. The van der Waals surface area contributed by atoms with Gasteiger partial charge < -0.3 is 5.73 Å². The Morgan fingerprint density at radius 1 is 1.13 bits per heavy atom. The zero-order valence-corrected chi connectivity index (χ0v) is 9.06. The molecule has 2 rings (SSSR count). The highest BCUT2D eigenvalue weighted by Crippen LogP contribution is 2.26. The molecule has 0 spiro atoms. The molecular formula is C14H17N. The minimum Gasteiger partial charge on any atom is -0.319 e. The van der Waals surface area contributed by atoms with Crippen molar-refractivity contribution in [3.05, 3.63) is 60.2 Å². The van der Waals surface area contributed by atoms with Crippen LogP contribution in [-0.4, -0.2) is 5.54 Å². The number of allylic oxidation sites excluding steroid dienone is 2. The van der Waals surface area contributed by atoms with Gasteiger partial charge in [-0.25, -0.2) is 0 Å². The van der Waals surface area contributed by atoms with E-state index in [9.17, 15) is 0 Å². The molecule has 0 atom stereocenters. The summed E-state index contributed by atoms with van der Waals surface area (Å²) in [4.78, 5) is 0. The molecule has 2 N–H and O–H groups in total. The third kappa shape index (κ3) is 2.18. The Hall–Kier alpha value is -1.34. The van der Waals surface area contributed by atoms with Crippen molar-refractivity contribution in [3.8, 4) is 0 Å². The predicted octanol–water partition coefficient (Wildman–Crippen LogP) is 3.00. The quantitative estimate of drug-likeness (QED) is 0.728. The fraction of sp³-hybridized carbons (Fsp3) is 0.286. The van der Waals surface area contributed by atoms with Gasteiger partial charge in [0.2, 0.25) is 0 Å². The molecule has 0 saturated carbocycles. The van der Waals surface area contributed by atoms with E-state index in [1.807, 2.05) is 6.07 Å². The first kappa shape index (κ1) is 10.2. The normalized spacial score (nSPS) is 29.3. The maximum Gasteiger partial charge on any atom is 0.0523 e. The number of rotatable bonds is 2. The van der Waals surface area contributed by atoms with Crippen LogP contribution in [0.4, 0.5) is 0 Å². The van der Waals surface area contributed by atoms with Crippen LogP contribution in [-0.2, 0) is 0 Å². The molecule has 1 nitrogen and oxygen atoms in total. The van der Waals surface area contributed by atoms with Crippen molar-refractivity contribution in [3.63, 3.8) is 0 Å². The van der Waals surface area contributed by atoms with Crippen molar-refractivity contribution in [1.29, 1.82) is 0 Å². The first-order valence-corrected chi connectivity index (χ1v) is 5.46. The van der Waals surface area contributed by atoms with E-state index < -0.39 is 0 Å². The Morgan fingerprint density at radius 3 is 2.27 bits per heavy atom. The second kappa shape index (κ2) is 4.03. The third-order valence-electron chi connectivity index (χ3n) is 3.02. The Labute approximate surface area is 91.3 Å². The summed E-state index contributed by atoms with van der Waals surface area (Å²) in [7, 11) is 0. The van der Waals surface area contributed by atoms with Crippen LogP contribution >= 0.6 is 0 Å². The molecule has 1 heteroatoms. The molecule has 0 amide bonds. The Balaban J connectivity index is 2.18. The van der Waals surface area contributed by atoms with E-state index in [1.165, 1.54) is 5.56 Å². The number of hydrogen-bond acceptors (Lipinski definition) is 1. The van der Waals surface area contributed by atoms with Gasteiger partial charge in [-0.3, -0.25) is 0 Å². The maximum atomic E-state index is 6.13. The molecule has 78 valence electrons. The maximum absolute atomic E-state index is 6.13. The van der Waals surface area contributed by atoms with Gasteiger partial charge in [-0.2, -0.15) is 0 Å². The summed E-state index contributed by atoms with van der Waals surface area (Å²) >= 11 is 0. The van der Waals surface area contributed by atoms with Crippen molar-refractivity contribution in [2.75, 3.05) is 0 Å². The molecule has 1 aromatic rings. The summed E-state index contributed by atoms with van der Waals surface area (Å²) in [5, 5.41) is 0. The van der Waals surface area contributed by atoms with Crippen LogP contribution in [0.25, 0.3) is 0 Å². The molecule has 1 aliphatic carbocycles. The van der Waals surface area contributed by atoms with Crippen molar-refractivity contribution in [2.45, 2.75) is 24.8 Å². The molecule has 1 aromatic carbocycles. The SMILES string of the molecule is CCC1(N)C=CC(c2ccccc2)C=C1. The van der Waals surface area contributed by atoms with E-state index in [0.717, 1.165) is 6.42 Å². The smallest absolute Gasteiger partial charge is 0.0523 e. The predicted molar refractivity (Wildman–Crippen MR) is 64.7 cm³/mol. The zero-order valence-electron chi connectivity index (χ0n) is 9.06. The fourth-order valence-electron chi connectivity index (χ4n) is 1.82. The van der Waals surface area contributed by atoms with Crippen LogP contribution in [0.2, 0.25) is 0 Å². The Morgan fingerprint density at radius 2 is 1.73 bits per heavy atom. The third-order valence-corrected chi connectivity index (χ3v) is 3.02. The van der Waals surface area contributed by atoms with E-state index in [2.05, 4.69) is 55.5 Å². The number of hydrogen-bond donors (Lipinski definition) is 1. The highest BCUT2D eigenvalue weighted by atomic mass is 14.7. The second-order valence-electron chi connectivity index (χ2n) is 4.12. The van der Waals surface area contributed by atoms with Crippen molar-refractivity contribution < 1.29 is 0 Å². The Bertz CT molecular complexity index is 362. The molecule has 1 aliphatic rings. The fourth-order valence-corrected chi connectivity index (χ4v) is 1.82. The first-order chi connectivity index (χ1) is 7.23. The van der Waals surface area contributed by atoms with E-state index in [0.29, 0.717) is 5.92 Å². The number of benzene rings is 1. The average Bonchev–Trinajstić information content (AvgIpc) is 2.31. The van der Waals surface area contributed by atoms with Gasteiger partial charge in [0.25, 0.3) is 0 Å². The zero-order chi connectivity index (χ0) is 10.7. The topological polar surface area (TPSA) is 26.0 Å². The summed E-state index contributed by atoms with van der Waals surface area (Å²) in [6.45, 7) is 2.11. The van der Waals surface area contributed by atoms with Gasteiger partial charge in [-0.1, -0.05) is 61.6 Å². The van der Waals surface area contributed by atoms with Crippen LogP contribution in [0.1, 0.15) is 24.8 Å². The highest BCUT2D eigenvalue weighted by Gasteiger charge is 2.19. The van der Waals surface area contributed by atoms with Gasteiger partial charge in [-0.15, -0.1) is 0 Å². The second-order valence-corrected chi connectivity index (χ2v) is 4.12. The van der Waals surface area contributed by atoms with Gasteiger partial charge in [0.05, 0.1) is 5.54 Å². The van der Waals surface area contributed by atoms with Gasteiger partial charge in [0, 0.05) is 5.92 Å². The van der Waals surface area contributed by atoms with Gasteiger partial charge in [-0.05, 0) is 12.0 Å². The first-order valence-electron chi connectivity index (χ1n) is 5.46. The minimum absolute atomic E-state index is 0.231. The standard InChI is InChI=1S/C14H17N/c1-2-14(15)10-8-13(9-11-14)12-6-4-3-5-7-12/h3-11,13H,2,15H2,1H3. The molecular weight excluding hydrogens is 182 g/mol. The van der Waals surface area contributed by atoms with Crippen molar-refractivity contribution >= 4 is 0 Å². The molecule has 0 bridgehead atoms. The van der Waals surface area contributed by atoms with Crippen molar-refractivity contribution in [1.82, 2.24) is 0 Å². The van der Waals surface area contributed by atoms with E-state index in [4.69, 9.17) is 5.73 Å². The summed E-state index contributed by atoms with van der Waals surface area (Å²) in [5.74, 6) is 0.384. The highest BCUT2D eigenvalue weighted by molar-refractivity contribution is 5.35. The summed E-state index contributed by atoms with van der Waals surface area (Å²) in [6, 6.07) is 10.5. The molecule has 0 fully saturated rings. The van der Waals surface area contributed by atoms with Crippen LogP contribution in [0.3, 0.4) is 0 Å². The van der Waals surface area contributed by atoms with Crippen LogP contribution < -0.4 is 5.73 Å².